The molecule has 2 aromatic carbocycles. The summed E-state index contributed by atoms with van der Waals surface area (Å²) >= 11 is 0. The van der Waals surface area contributed by atoms with Crippen LogP contribution in [0.1, 0.15) is 58.4 Å². The Bertz CT molecular complexity index is 1430. The van der Waals surface area contributed by atoms with Crippen LogP contribution in [-0.4, -0.2) is 37.1 Å². The van der Waals surface area contributed by atoms with E-state index >= 15 is 0 Å². The summed E-state index contributed by atoms with van der Waals surface area (Å²) in [4.78, 5) is 31.7. The molecular formula is C28H30N4O3. The smallest absolute Gasteiger partial charge is 0.255 e. The van der Waals surface area contributed by atoms with E-state index in [-0.39, 0.29) is 30.7 Å². The number of fused-ring (bicyclic) bond motifs is 1. The van der Waals surface area contributed by atoms with Gasteiger partial charge in [0.25, 0.3) is 11.5 Å². The molecule has 2 aromatic heterocycles. The number of aromatic amines is 2. The number of carbonyl (C=O) groups is 1. The van der Waals surface area contributed by atoms with Crippen molar-refractivity contribution in [2.24, 2.45) is 0 Å². The summed E-state index contributed by atoms with van der Waals surface area (Å²) in [5.74, 6) is -0.0866. The molecule has 7 heteroatoms. The number of aliphatic hydroxyl groups is 1. The standard InChI is InChI=1S/C28H30N4O3/c1-17-11-18(2)30-27(34)25(17)15-32(22-5-3-4-6-22)28(35)23-12-21(13-26-24(23)14-29-31-26)20-9-7-19(16-33)8-10-20/h7-14,22,33H,3-6,15-16H2,1-2H3,(H,29,31)(H,30,34). The summed E-state index contributed by atoms with van der Waals surface area (Å²) in [6.45, 7) is 4.06. The lowest BCUT2D eigenvalue weighted by Crippen LogP contribution is -2.40. The number of aryl methyl sites for hydroxylation is 2. The Hall–Kier alpha value is -3.71. The van der Waals surface area contributed by atoms with Crippen molar-refractivity contribution >= 4 is 16.8 Å². The first-order valence-corrected chi connectivity index (χ1v) is 12.1. The quantitative estimate of drug-likeness (QED) is 0.383. The third-order valence-electron chi connectivity index (χ3n) is 7.11. The zero-order valence-electron chi connectivity index (χ0n) is 20.1. The highest BCUT2D eigenvalue weighted by Gasteiger charge is 2.30. The lowest BCUT2D eigenvalue weighted by atomic mass is 9.98. The number of nitrogens with zero attached hydrogens (tertiary/aromatic N) is 2. The van der Waals surface area contributed by atoms with Gasteiger partial charge in [-0.3, -0.25) is 14.7 Å². The molecule has 180 valence electrons. The topological polar surface area (TPSA) is 102 Å². The Labute approximate surface area is 203 Å². The number of benzene rings is 2. The molecule has 1 amide bonds. The molecule has 0 radical (unpaired) electrons. The minimum Gasteiger partial charge on any atom is -0.392 e. The number of amides is 1. The molecule has 0 unspecified atom stereocenters. The molecule has 4 aromatic rings. The van der Waals surface area contributed by atoms with Gasteiger partial charge in [-0.2, -0.15) is 5.10 Å². The van der Waals surface area contributed by atoms with Gasteiger partial charge in [0.2, 0.25) is 0 Å². The number of H-pyrrole nitrogens is 2. The van der Waals surface area contributed by atoms with E-state index in [0.29, 0.717) is 11.1 Å². The van der Waals surface area contributed by atoms with Gasteiger partial charge >= 0.3 is 0 Å². The van der Waals surface area contributed by atoms with E-state index in [4.69, 9.17) is 0 Å². The van der Waals surface area contributed by atoms with Crippen LogP contribution >= 0.6 is 0 Å². The minimum atomic E-state index is -0.135. The molecule has 0 atom stereocenters. The summed E-state index contributed by atoms with van der Waals surface area (Å²) in [6.07, 6.45) is 5.72. The second-order valence-corrected chi connectivity index (χ2v) is 9.52. The van der Waals surface area contributed by atoms with E-state index in [0.717, 1.165) is 64.5 Å². The zero-order chi connectivity index (χ0) is 24.5. The van der Waals surface area contributed by atoms with Crippen LogP contribution in [-0.2, 0) is 13.2 Å². The number of carbonyl (C=O) groups excluding carboxylic acids is 1. The third kappa shape index (κ3) is 4.51. The van der Waals surface area contributed by atoms with Gasteiger partial charge < -0.3 is 15.0 Å². The molecule has 3 N–H and O–H groups in total. The first-order valence-electron chi connectivity index (χ1n) is 12.1. The second kappa shape index (κ2) is 9.50. The van der Waals surface area contributed by atoms with Crippen LogP contribution in [0.15, 0.2) is 53.5 Å². The molecule has 1 saturated carbocycles. The number of hydrogen-bond donors (Lipinski definition) is 3. The number of aliphatic hydroxyl groups excluding tert-OH is 1. The number of hydrogen-bond acceptors (Lipinski definition) is 4. The monoisotopic (exact) mass is 470 g/mol. The van der Waals surface area contributed by atoms with Crippen molar-refractivity contribution in [3.63, 3.8) is 0 Å². The van der Waals surface area contributed by atoms with Gasteiger partial charge in [0, 0.05) is 22.7 Å². The molecule has 0 aliphatic heterocycles. The summed E-state index contributed by atoms with van der Waals surface area (Å²) in [6, 6.07) is 13.6. The van der Waals surface area contributed by atoms with E-state index in [9.17, 15) is 14.7 Å². The van der Waals surface area contributed by atoms with Crippen molar-refractivity contribution in [1.29, 1.82) is 0 Å². The zero-order valence-corrected chi connectivity index (χ0v) is 20.1. The largest absolute Gasteiger partial charge is 0.392 e. The van der Waals surface area contributed by atoms with Crippen LogP contribution in [0.3, 0.4) is 0 Å². The van der Waals surface area contributed by atoms with Gasteiger partial charge in [-0.15, -0.1) is 0 Å². The van der Waals surface area contributed by atoms with Crippen molar-refractivity contribution in [3.05, 3.63) is 87.0 Å². The molecule has 1 fully saturated rings. The van der Waals surface area contributed by atoms with Crippen LogP contribution in [0, 0.1) is 13.8 Å². The van der Waals surface area contributed by atoms with E-state index in [2.05, 4.69) is 15.2 Å². The van der Waals surface area contributed by atoms with Gasteiger partial charge in [-0.1, -0.05) is 37.1 Å². The first-order chi connectivity index (χ1) is 16.9. The van der Waals surface area contributed by atoms with Crippen molar-refractivity contribution in [3.8, 4) is 11.1 Å². The van der Waals surface area contributed by atoms with Gasteiger partial charge in [0.15, 0.2) is 0 Å². The number of nitrogens with one attached hydrogen (secondary N) is 2. The Morgan fingerprint density at radius 1 is 1.09 bits per heavy atom. The average molecular weight is 471 g/mol. The molecule has 7 nitrogen and oxygen atoms in total. The predicted molar refractivity (Wildman–Crippen MR) is 136 cm³/mol. The molecule has 1 aliphatic carbocycles. The Morgan fingerprint density at radius 3 is 2.51 bits per heavy atom. The highest BCUT2D eigenvalue weighted by atomic mass is 16.3. The van der Waals surface area contributed by atoms with Gasteiger partial charge in [0.1, 0.15) is 0 Å². The fourth-order valence-corrected chi connectivity index (χ4v) is 5.18. The molecule has 5 rings (SSSR count). The lowest BCUT2D eigenvalue weighted by Gasteiger charge is -2.30. The van der Waals surface area contributed by atoms with E-state index in [1.807, 2.05) is 61.2 Å². The van der Waals surface area contributed by atoms with Crippen LogP contribution in [0.2, 0.25) is 0 Å². The summed E-state index contributed by atoms with van der Waals surface area (Å²) in [5.41, 5.74) is 6.25. The van der Waals surface area contributed by atoms with Crippen molar-refractivity contribution in [2.45, 2.75) is 58.7 Å². The molecular weight excluding hydrogens is 440 g/mol. The third-order valence-corrected chi connectivity index (χ3v) is 7.11. The Morgan fingerprint density at radius 2 is 1.83 bits per heavy atom. The lowest BCUT2D eigenvalue weighted by molar-refractivity contribution is 0.0665. The number of rotatable bonds is 6. The SMILES string of the molecule is Cc1cc(C)c(CN(C(=O)c2cc(-c3ccc(CO)cc3)cc3[nH]ncc23)C2CCCC2)c(=O)[nH]1. The highest BCUT2D eigenvalue weighted by molar-refractivity contribution is 6.08. The maximum absolute atomic E-state index is 14.2. The maximum Gasteiger partial charge on any atom is 0.255 e. The minimum absolute atomic E-state index is 0.0164. The summed E-state index contributed by atoms with van der Waals surface area (Å²) < 4.78 is 0. The fourth-order valence-electron chi connectivity index (χ4n) is 5.18. The van der Waals surface area contributed by atoms with Crippen LogP contribution in [0.4, 0.5) is 0 Å². The number of pyridine rings is 1. The normalized spacial score (nSPS) is 14.0. The number of aromatic nitrogens is 3. The highest BCUT2D eigenvalue weighted by Crippen LogP contribution is 2.31. The van der Waals surface area contributed by atoms with E-state index in [1.165, 1.54) is 0 Å². The Balaban J connectivity index is 1.59. The summed E-state index contributed by atoms with van der Waals surface area (Å²) in [7, 11) is 0. The van der Waals surface area contributed by atoms with Crippen molar-refractivity contribution < 1.29 is 9.90 Å². The molecule has 0 spiro atoms. The molecule has 35 heavy (non-hydrogen) atoms. The van der Waals surface area contributed by atoms with Gasteiger partial charge in [-0.05, 0) is 67.1 Å². The van der Waals surface area contributed by atoms with Gasteiger partial charge in [-0.25, -0.2) is 0 Å². The van der Waals surface area contributed by atoms with Crippen LogP contribution in [0.5, 0.6) is 0 Å². The second-order valence-electron chi connectivity index (χ2n) is 9.52. The Kier molecular flexibility index (Phi) is 6.26. The molecule has 0 saturated heterocycles. The van der Waals surface area contributed by atoms with E-state index < -0.39 is 0 Å². The molecule has 0 bridgehead atoms. The maximum atomic E-state index is 14.2. The van der Waals surface area contributed by atoms with Gasteiger partial charge in [0.05, 0.1) is 30.4 Å². The van der Waals surface area contributed by atoms with Crippen LogP contribution < -0.4 is 5.56 Å². The van der Waals surface area contributed by atoms with E-state index in [1.54, 1.807) is 6.20 Å². The molecule has 1 aliphatic rings. The first kappa shape index (κ1) is 23.1. The fraction of sp³-hybridized carbons (Fsp3) is 0.321. The van der Waals surface area contributed by atoms with Crippen LogP contribution in [0.25, 0.3) is 22.0 Å². The molecule has 2 heterocycles. The predicted octanol–water partition coefficient (Wildman–Crippen LogP) is 4.61. The summed E-state index contributed by atoms with van der Waals surface area (Å²) in [5, 5.41) is 17.4. The van der Waals surface area contributed by atoms with Crippen molar-refractivity contribution in [2.75, 3.05) is 0 Å². The average Bonchev–Trinajstić information content (AvgIpc) is 3.55. The van der Waals surface area contributed by atoms with Crippen molar-refractivity contribution in [1.82, 2.24) is 20.1 Å².